The zero-order chi connectivity index (χ0) is 22.8. The van der Waals surface area contributed by atoms with Gasteiger partial charge in [0, 0.05) is 19.6 Å². The smallest absolute Gasteiger partial charge is 0.328 e. The normalized spacial score (nSPS) is 18.0. The van der Waals surface area contributed by atoms with Crippen molar-refractivity contribution < 1.29 is 4.74 Å². The van der Waals surface area contributed by atoms with Crippen molar-refractivity contribution >= 4 is 17.0 Å². The average Bonchev–Trinajstić information content (AvgIpc) is 3.11. The fourth-order valence-corrected chi connectivity index (χ4v) is 5.03. The lowest BCUT2D eigenvalue weighted by atomic mass is 9.72. The number of hydrogen-bond donors (Lipinski definition) is 3. The molecule has 0 bridgehead atoms. The predicted molar refractivity (Wildman–Crippen MR) is 128 cm³/mol. The largest absolute Gasteiger partial charge is 0.463 e. The molecule has 0 atom stereocenters. The van der Waals surface area contributed by atoms with Crippen molar-refractivity contribution in [3.8, 4) is 6.01 Å². The van der Waals surface area contributed by atoms with Crippen molar-refractivity contribution in [1.82, 2.24) is 29.7 Å². The number of H-pyrrole nitrogens is 1. The SMILES string of the molecule is CCCCOc1nc(N)c2[nH]c(=O)n(Cc3ccc(CN4CC5(CCNCC5)C4)cc3)c2n1. The van der Waals surface area contributed by atoms with Gasteiger partial charge >= 0.3 is 11.7 Å². The third-order valence-corrected chi connectivity index (χ3v) is 6.91. The van der Waals surface area contributed by atoms with Gasteiger partial charge in [-0.15, -0.1) is 0 Å². The monoisotopic (exact) mass is 451 g/mol. The van der Waals surface area contributed by atoms with E-state index >= 15 is 0 Å². The van der Waals surface area contributed by atoms with Crippen LogP contribution in [0.15, 0.2) is 29.1 Å². The third-order valence-electron chi connectivity index (χ3n) is 6.91. The number of fused-ring (bicyclic) bond motifs is 1. The molecule has 2 saturated heterocycles. The number of nitrogens with zero attached hydrogens (tertiary/aromatic N) is 4. The molecule has 0 aliphatic carbocycles. The number of benzene rings is 1. The maximum Gasteiger partial charge on any atom is 0.328 e. The lowest BCUT2D eigenvalue weighted by Crippen LogP contribution is -2.59. The number of hydrogen-bond acceptors (Lipinski definition) is 7. The predicted octanol–water partition coefficient (Wildman–Crippen LogP) is 2.11. The number of aromatic nitrogens is 4. The summed E-state index contributed by atoms with van der Waals surface area (Å²) in [5.41, 5.74) is 9.59. The molecule has 1 aromatic carbocycles. The lowest BCUT2D eigenvalue weighted by molar-refractivity contribution is -0.0282. The van der Waals surface area contributed by atoms with E-state index in [4.69, 9.17) is 10.5 Å². The van der Waals surface area contributed by atoms with Crippen LogP contribution >= 0.6 is 0 Å². The molecule has 176 valence electrons. The number of ether oxygens (including phenoxy) is 1. The summed E-state index contributed by atoms with van der Waals surface area (Å²) in [6.45, 7) is 8.69. The lowest BCUT2D eigenvalue weighted by Gasteiger charge is -2.52. The highest BCUT2D eigenvalue weighted by Gasteiger charge is 2.42. The maximum atomic E-state index is 12.6. The van der Waals surface area contributed by atoms with E-state index in [0.717, 1.165) is 38.0 Å². The van der Waals surface area contributed by atoms with Crippen molar-refractivity contribution in [2.75, 3.05) is 38.5 Å². The molecule has 3 aromatic rings. The van der Waals surface area contributed by atoms with E-state index in [-0.39, 0.29) is 17.5 Å². The molecule has 2 aliphatic heterocycles. The summed E-state index contributed by atoms with van der Waals surface area (Å²) < 4.78 is 7.21. The molecule has 9 heteroatoms. The van der Waals surface area contributed by atoms with E-state index in [1.54, 1.807) is 4.57 Å². The number of likely N-dealkylation sites (tertiary alicyclic amines) is 1. The first-order valence-electron chi connectivity index (χ1n) is 11.9. The Bertz CT molecular complexity index is 1150. The van der Waals surface area contributed by atoms with Crippen LogP contribution in [0.2, 0.25) is 0 Å². The molecule has 2 aliphatic rings. The topological polar surface area (TPSA) is 114 Å². The van der Waals surface area contributed by atoms with Gasteiger partial charge in [0.15, 0.2) is 11.5 Å². The van der Waals surface area contributed by atoms with Gasteiger partial charge in [0.2, 0.25) is 0 Å². The van der Waals surface area contributed by atoms with Gasteiger partial charge in [0.1, 0.15) is 5.52 Å². The molecule has 0 amide bonds. The van der Waals surface area contributed by atoms with Crippen LogP contribution in [0.3, 0.4) is 0 Å². The van der Waals surface area contributed by atoms with Crippen molar-refractivity contribution in [2.45, 2.75) is 45.7 Å². The Kier molecular flexibility index (Phi) is 6.07. The number of nitrogens with two attached hydrogens (primary N) is 1. The van der Waals surface area contributed by atoms with Crippen LogP contribution in [0, 0.1) is 5.41 Å². The summed E-state index contributed by atoms with van der Waals surface area (Å²) in [7, 11) is 0. The molecule has 4 N–H and O–H groups in total. The number of rotatable bonds is 8. The average molecular weight is 452 g/mol. The summed E-state index contributed by atoms with van der Waals surface area (Å²) in [5, 5.41) is 3.46. The number of anilines is 1. The number of piperidine rings is 1. The van der Waals surface area contributed by atoms with Crippen molar-refractivity contribution in [3.05, 3.63) is 45.9 Å². The van der Waals surface area contributed by atoms with Gasteiger partial charge in [-0.05, 0) is 48.9 Å². The number of imidazole rings is 1. The zero-order valence-corrected chi connectivity index (χ0v) is 19.3. The van der Waals surface area contributed by atoms with E-state index < -0.39 is 0 Å². The Morgan fingerprint density at radius 1 is 1.09 bits per heavy atom. The highest BCUT2D eigenvalue weighted by molar-refractivity contribution is 5.81. The summed E-state index contributed by atoms with van der Waals surface area (Å²) in [6, 6.07) is 8.70. The van der Waals surface area contributed by atoms with E-state index in [1.807, 2.05) is 0 Å². The van der Waals surface area contributed by atoms with Gasteiger partial charge in [-0.3, -0.25) is 9.47 Å². The number of aromatic amines is 1. The molecule has 4 heterocycles. The molecular formula is C24H33N7O2. The highest BCUT2D eigenvalue weighted by atomic mass is 16.5. The van der Waals surface area contributed by atoms with Gasteiger partial charge in [0.25, 0.3) is 0 Å². The summed E-state index contributed by atoms with van der Waals surface area (Å²) in [6.07, 6.45) is 4.50. The molecule has 0 saturated carbocycles. The Morgan fingerprint density at radius 2 is 1.79 bits per heavy atom. The van der Waals surface area contributed by atoms with Gasteiger partial charge in [-0.1, -0.05) is 37.6 Å². The Hall–Kier alpha value is -2.91. The van der Waals surface area contributed by atoms with Crippen LogP contribution in [0.25, 0.3) is 11.2 Å². The van der Waals surface area contributed by atoms with E-state index in [1.165, 1.54) is 31.5 Å². The van der Waals surface area contributed by atoms with E-state index in [9.17, 15) is 4.79 Å². The Balaban J connectivity index is 1.26. The third kappa shape index (κ3) is 4.60. The van der Waals surface area contributed by atoms with Crippen LogP contribution in [0.5, 0.6) is 6.01 Å². The minimum Gasteiger partial charge on any atom is -0.463 e. The summed E-state index contributed by atoms with van der Waals surface area (Å²) in [4.78, 5) is 26.5. The van der Waals surface area contributed by atoms with Gasteiger partial charge in [0.05, 0.1) is 13.2 Å². The molecule has 33 heavy (non-hydrogen) atoms. The minimum absolute atomic E-state index is 0.206. The molecule has 2 aromatic heterocycles. The van der Waals surface area contributed by atoms with E-state index in [2.05, 4.69) is 56.4 Å². The maximum absolute atomic E-state index is 12.6. The number of nitrogens with one attached hydrogen (secondary N) is 2. The van der Waals surface area contributed by atoms with Crippen LogP contribution in [-0.2, 0) is 13.1 Å². The molecular weight excluding hydrogens is 418 g/mol. The Morgan fingerprint density at radius 3 is 2.48 bits per heavy atom. The zero-order valence-electron chi connectivity index (χ0n) is 19.3. The second-order valence-corrected chi connectivity index (χ2v) is 9.52. The van der Waals surface area contributed by atoms with Gasteiger partial charge in [-0.2, -0.15) is 9.97 Å². The van der Waals surface area contributed by atoms with E-state index in [0.29, 0.717) is 29.7 Å². The first-order valence-corrected chi connectivity index (χ1v) is 11.9. The quantitative estimate of drug-likeness (QED) is 0.450. The number of nitrogen functional groups attached to an aromatic ring is 1. The summed E-state index contributed by atoms with van der Waals surface area (Å²) >= 11 is 0. The second-order valence-electron chi connectivity index (χ2n) is 9.52. The highest BCUT2D eigenvalue weighted by Crippen LogP contribution is 2.39. The molecule has 5 rings (SSSR count). The van der Waals surface area contributed by atoms with Gasteiger partial charge in [-0.25, -0.2) is 4.79 Å². The van der Waals surface area contributed by atoms with Crippen LogP contribution < -0.4 is 21.5 Å². The van der Waals surface area contributed by atoms with Crippen molar-refractivity contribution in [2.24, 2.45) is 5.41 Å². The molecule has 0 radical (unpaired) electrons. The molecule has 1 spiro atoms. The first kappa shape index (κ1) is 21.9. The van der Waals surface area contributed by atoms with Crippen molar-refractivity contribution in [3.63, 3.8) is 0 Å². The van der Waals surface area contributed by atoms with Crippen LogP contribution in [-0.4, -0.2) is 57.2 Å². The standard InChI is InChI=1S/C24H33N7O2/c1-2-3-12-33-22-28-20(25)19-21(29-22)31(23(32)27-19)14-18-6-4-17(5-7-18)13-30-15-24(16-30)8-10-26-11-9-24/h4-7,26H,2-3,8-16H2,1H3,(H,27,32)(H2,25,28,29). The fraction of sp³-hybridized carbons (Fsp3) is 0.542. The molecule has 0 unspecified atom stereocenters. The fourth-order valence-electron chi connectivity index (χ4n) is 5.03. The van der Waals surface area contributed by atoms with Gasteiger partial charge < -0.3 is 20.8 Å². The molecule has 2 fully saturated rings. The first-order chi connectivity index (χ1) is 16.0. The van der Waals surface area contributed by atoms with Crippen LogP contribution in [0.4, 0.5) is 5.82 Å². The summed E-state index contributed by atoms with van der Waals surface area (Å²) in [5.74, 6) is 0.221. The van der Waals surface area contributed by atoms with Crippen molar-refractivity contribution in [1.29, 1.82) is 0 Å². The van der Waals surface area contributed by atoms with Crippen LogP contribution in [0.1, 0.15) is 43.7 Å². The second kappa shape index (κ2) is 9.15. The molecule has 9 nitrogen and oxygen atoms in total. The number of unbranched alkanes of at least 4 members (excludes halogenated alkanes) is 1. The Labute approximate surface area is 193 Å². The minimum atomic E-state index is -0.256.